The molecule has 0 fully saturated rings. The molecule has 1 amide bonds. The zero-order valence-corrected chi connectivity index (χ0v) is 10.3. The van der Waals surface area contributed by atoms with Gasteiger partial charge in [0.2, 0.25) is 5.91 Å². The van der Waals surface area contributed by atoms with Crippen LogP contribution in [0.1, 0.15) is 6.92 Å². The first kappa shape index (κ1) is 12.5. The van der Waals surface area contributed by atoms with E-state index in [1.54, 1.807) is 25.1 Å². The lowest BCUT2D eigenvalue weighted by Gasteiger charge is -2.10. The smallest absolute Gasteiger partial charge is 0.241 e. The van der Waals surface area contributed by atoms with E-state index in [2.05, 4.69) is 20.8 Å². The Hall–Kier alpha value is -1.99. The minimum atomic E-state index is -0.613. The maximum absolute atomic E-state index is 11.5. The van der Waals surface area contributed by atoms with E-state index in [1.165, 1.54) is 11.0 Å². The third-order valence-electron chi connectivity index (χ3n) is 2.23. The molecule has 3 N–H and O–H groups in total. The number of halogens is 1. The second kappa shape index (κ2) is 5.11. The number of nitrogens with one attached hydrogen (secondary N) is 1. The molecular weight excluding hydrogens is 256 g/mol. The quantitative estimate of drug-likeness (QED) is 0.848. The summed E-state index contributed by atoms with van der Waals surface area (Å²) in [5, 5.41) is 13.9. The van der Waals surface area contributed by atoms with Crippen molar-refractivity contribution in [2.75, 3.05) is 5.32 Å². The van der Waals surface area contributed by atoms with Crippen LogP contribution in [0, 0.1) is 0 Å². The molecule has 1 aromatic heterocycles. The molecule has 0 spiro atoms. The maximum atomic E-state index is 11.5. The lowest BCUT2D eigenvalue weighted by Crippen LogP contribution is -2.32. The van der Waals surface area contributed by atoms with Gasteiger partial charge in [-0.25, -0.2) is 4.68 Å². The average Bonchev–Trinajstić information content (AvgIpc) is 2.85. The molecule has 0 saturated carbocycles. The third kappa shape index (κ3) is 2.63. The van der Waals surface area contributed by atoms with Crippen LogP contribution < -0.4 is 11.1 Å². The highest BCUT2D eigenvalue weighted by Gasteiger charge is 2.11. The molecule has 7 nitrogen and oxygen atoms in total. The van der Waals surface area contributed by atoms with E-state index < -0.39 is 6.04 Å². The number of benzene rings is 1. The average molecular weight is 267 g/mol. The minimum absolute atomic E-state index is 0.314. The van der Waals surface area contributed by atoms with Crippen molar-refractivity contribution >= 4 is 23.2 Å². The predicted molar refractivity (Wildman–Crippen MR) is 66.4 cm³/mol. The Bertz CT molecular complexity index is 554. The molecular formula is C10H11ClN6O. The minimum Gasteiger partial charge on any atom is -0.323 e. The number of anilines is 1. The molecule has 0 aliphatic carbocycles. The molecule has 2 aromatic rings. The van der Waals surface area contributed by atoms with Crippen LogP contribution >= 0.6 is 11.6 Å². The van der Waals surface area contributed by atoms with Crippen molar-refractivity contribution in [2.24, 2.45) is 5.73 Å². The summed E-state index contributed by atoms with van der Waals surface area (Å²) in [6, 6.07) is 4.44. The van der Waals surface area contributed by atoms with E-state index in [9.17, 15) is 4.79 Å². The number of hydrogen-bond donors (Lipinski definition) is 2. The lowest BCUT2D eigenvalue weighted by atomic mass is 10.2. The summed E-state index contributed by atoms with van der Waals surface area (Å²) in [7, 11) is 0. The number of tetrazole rings is 1. The number of carbonyl (C=O) groups excluding carboxylic acids is 1. The van der Waals surface area contributed by atoms with Gasteiger partial charge in [0.15, 0.2) is 0 Å². The number of carbonyl (C=O) groups is 1. The summed E-state index contributed by atoms with van der Waals surface area (Å²) in [6.07, 6.45) is 1.44. The number of aromatic nitrogens is 4. The zero-order chi connectivity index (χ0) is 13.1. The maximum Gasteiger partial charge on any atom is 0.241 e. The Labute approximate surface area is 108 Å². The molecule has 0 aliphatic heterocycles. The summed E-state index contributed by atoms with van der Waals surface area (Å²) >= 11 is 5.99. The standard InChI is InChI=1S/C10H11ClN6O/c1-6(12)10(18)14-9-4-7(2-3-8(9)11)17-5-13-15-16-17/h2-6H,12H2,1H3,(H,14,18)/t6-/m1/s1. The molecule has 0 radical (unpaired) electrons. The second-order valence-corrected chi connectivity index (χ2v) is 4.10. The van der Waals surface area contributed by atoms with Crippen molar-refractivity contribution in [1.82, 2.24) is 20.2 Å². The lowest BCUT2D eigenvalue weighted by molar-refractivity contribution is -0.117. The van der Waals surface area contributed by atoms with Gasteiger partial charge in [0.05, 0.1) is 22.4 Å². The van der Waals surface area contributed by atoms with Crippen molar-refractivity contribution in [2.45, 2.75) is 13.0 Å². The number of rotatable bonds is 3. The van der Waals surface area contributed by atoms with Crippen LogP contribution in [0.3, 0.4) is 0 Å². The number of hydrogen-bond acceptors (Lipinski definition) is 5. The Morgan fingerprint density at radius 1 is 1.56 bits per heavy atom. The molecule has 1 aromatic carbocycles. The Kier molecular flexibility index (Phi) is 3.54. The number of nitrogens with two attached hydrogens (primary N) is 1. The van der Waals surface area contributed by atoms with Crippen LogP contribution in [-0.2, 0) is 4.79 Å². The van der Waals surface area contributed by atoms with Gasteiger partial charge in [0.1, 0.15) is 6.33 Å². The Morgan fingerprint density at radius 3 is 2.94 bits per heavy atom. The van der Waals surface area contributed by atoms with E-state index in [4.69, 9.17) is 17.3 Å². The van der Waals surface area contributed by atoms with Crippen molar-refractivity contribution in [3.63, 3.8) is 0 Å². The molecule has 8 heteroatoms. The summed E-state index contributed by atoms with van der Waals surface area (Å²) in [6.45, 7) is 1.59. The molecule has 2 rings (SSSR count). The van der Waals surface area contributed by atoms with E-state index in [0.717, 1.165) is 0 Å². The first-order valence-electron chi connectivity index (χ1n) is 5.17. The largest absolute Gasteiger partial charge is 0.323 e. The van der Waals surface area contributed by atoms with Crippen molar-refractivity contribution in [3.8, 4) is 5.69 Å². The van der Waals surface area contributed by atoms with E-state index in [0.29, 0.717) is 16.4 Å². The summed E-state index contributed by atoms with van der Waals surface area (Å²) in [4.78, 5) is 11.5. The summed E-state index contributed by atoms with van der Waals surface area (Å²) in [5.74, 6) is -0.314. The fourth-order valence-electron chi connectivity index (χ4n) is 1.28. The van der Waals surface area contributed by atoms with Crippen molar-refractivity contribution in [1.29, 1.82) is 0 Å². The zero-order valence-electron chi connectivity index (χ0n) is 9.54. The van der Waals surface area contributed by atoms with Crippen LogP contribution in [-0.4, -0.2) is 32.2 Å². The van der Waals surface area contributed by atoms with E-state index >= 15 is 0 Å². The predicted octanol–water partition coefficient (Wildman–Crippen LogP) is 0.601. The second-order valence-electron chi connectivity index (χ2n) is 3.70. The first-order chi connectivity index (χ1) is 8.58. The molecule has 0 saturated heterocycles. The van der Waals surface area contributed by atoms with E-state index in [-0.39, 0.29) is 5.91 Å². The third-order valence-corrected chi connectivity index (χ3v) is 2.56. The number of nitrogens with zero attached hydrogens (tertiary/aromatic N) is 4. The molecule has 18 heavy (non-hydrogen) atoms. The Morgan fingerprint density at radius 2 is 2.33 bits per heavy atom. The molecule has 0 unspecified atom stereocenters. The van der Waals surface area contributed by atoms with Gasteiger partial charge in [-0.2, -0.15) is 0 Å². The molecule has 94 valence electrons. The van der Waals surface area contributed by atoms with Gasteiger partial charge in [0.25, 0.3) is 0 Å². The van der Waals surface area contributed by atoms with Gasteiger partial charge in [-0.15, -0.1) is 5.10 Å². The SMILES string of the molecule is C[C@@H](N)C(=O)Nc1cc(-n2cnnn2)ccc1Cl. The fourth-order valence-corrected chi connectivity index (χ4v) is 1.44. The van der Waals surface area contributed by atoms with Crippen molar-refractivity contribution < 1.29 is 4.79 Å². The van der Waals surface area contributed by atoms with Crippen LogP contribution in [0.2, 0.25) is 5.02 Å². The van der Waals surface area contributed by atoms with Gasteiger partial charge in [-0.3, -0.25) is 4.79 Å². The molecule has 1 atom stereocenters. The van der Waals surface area contributed by atoms with Gasteiger partial charge >= 0.3 is 0 Å². The van der Waals surface area contributed by atoms with Gasteiger partial charge in [-0.1, -0.05) is 11.6 Å². The van der Waals surface area contributed by atoms with Gasteiger partial charge < -0.3 is 11.1 Å². The molecule has 1 heterocycles. The van der Waals surface area contributed by atoms with Gasteiger partial charge in [-0.05, 0) is 35.5 Å². The normalized spacial score (nSPS) is 12.2. The first-order valence-corrected chi connectivity index (χ1v) is 5.55. The van der Waals surface area contributed by atoms with Crippen molar-refractivity contribution in [3.05, 3.63) is 29.5 Å². The highest BCUT2D eigenvalue weighted by molar-refractivity contribution is 6.33. The Balaban J connectivity index is 2.30. The monoisotopic (exact) mass is 266 g/mol. The fraction of sp³-hybridized carbons (Fsp3) is 0.200. The highest BCUT2D eigenvalue weighted by atomic mass is 35.5. The van der Waals surface area contributed by atoms with Crippen LogP contribution in [0.15, 0.2) is 24.5 Å². The van der Waals surface area contributed by atoms with Gasteiger partial charge in [0, 0.05) is 0 Å². The van der Waals surface area contributed by atoms with Crippen LogP contribution in [0.5, 0.6) is 0 Å². The molecule has 0 aliphatic rings. The summed E-state index contributed by atoms with van der Waals surface area (Å²) < 4.78 is 1.46. The van der Waals surface area contributed by atoms with Crippen LogP contribution in [0.25, 0.3) is 5.69 Å². The number of amides is 1. The highest BCUT2D eigenvalue weighted by Crippen LogP contribution is 2.24. The van der Waals surface area contributed by atoms with Crippen LogP contribution in [0.4, 0.5) is 5.69 Å². The topological polar surface area (TPSA) is 98.7 Å². The summed E-state index contributed by atoms with van der Waals surface area (Å²) in [5.41, 5.74) is 6.62. The molecule has 0 bridgehead atoms. The van der Waals surface area contributed by atoms with E-state index in [1.807, 2.05) is 0 Å².